The first-order valence-corrected chi connectivity index (χ1v) is 6.46. The Hall–Kier alpha value is -2.76. The quantitative estimate of drug-likeness (QED) is 0.757. The largest absolute Gasteiger partial charge is 0.508 e. The Morgan fingerprint density at radius 2 is 1.95 bits per heavy atom. The van der Waals surface area contributed by atoms with Crippen LogP contribution >= 0.6 is 0 Å². The molecule has 108 valence electrons. The molecule has 0 bridgehead atoms. The number of hydrogen-bond donors (Lipinski definition) is 2. The normalized spacial score (nSPS) is 11.2. The zero-order chi connectivity index (χ0) is 15.3. The topological polar surface area (TPSA) is 80.3 Å². The lowest BCUT2D eigenvalue weighted by Crippen LogP contribution is -2.04. The maximum absolute atomic E-state index is 11.2. The number of fused-ring (bicyclic) bond motifs is 1. The third-order valence-corrected chi connectivity index (χ3v) is 3.83. The van der Waals surface area contributed by atoms with Crippen molar-refractivity contribution in [2.24, 2.45) is 14.1 Å². The Balaban J connectivity index is 2.34. The molecule has 2 heterocycles. The zero-order valence-electron chi connectivity index (χ0n) is 12.0. The number of carboxylic acids is 1. The molecular weight excluding hydrogens is 270 g/mol. The van der Waals surface area contributed by atoms with Crippen molar-refractivity contribution in [1.82, 2.24) is 14.3 Å². The summed E-state index contributed by atoms with van der Waals surface area (Å²) in [5.41, 5.74) is 3.48. The Morgan fingerprint density at radius 3 is 2.57 bits per heavy atom. The van der Waals surface area contributed by atoms with Crippen LogP contribution in [0.4, 0.5) is 0 Å². The summed E-state index contributed by atoms with van der Waals surface area (Å²) < 4.78 is 3.35. The Labute approximate surface area is 120 Å². The number of nitrogens with zero attached hydrogens (tertiary/aromatic N) is 3. The van der Waals surface area contributed by atoms with Gasteiger partial charge in [0.2, 0.25) is 0 Å². The average Bonchev–Trinajstić information content (AvgIpc) is 2.90. The predicted molar refractivity (Wildman–Crippen MR) is 78.5 cm³/mol. The fourth-order valence-corrected chi connectivity index (χ4v) is 2.67. The predicted octanol–water partition coefficient (Wildman–Crippen LogP) is 2.29. The van der Waals surface area contributed by atoms with E-state index in [0.717, 1.165) is 22.2 Å². The van der Waals surface area contributed by atoms with E-state index < -0.39 is 5.97 Å². The number of phenols is 1. The molecule has 0 aliphatic heterocycles. The van der Waals surface area contributed by atoms with Crippen molar-refractivity contribution < 1.29 is 15.0 Å². The van der Waals surface area contributed by atoms with E-state index >= 15 is 0 Å². The van der Waals surface area contributed by atoms with Gasteiger partial charge in [0.15, 0.2) is 0 Å². The van der Waals surface area contributed by atoms with E-state index in [4.69, 9.17) is 5.11 Å². The third-order valence-electron chi connectivity index (χ3n) is 3.83. The van der Waals surface area contributed by atoms with Gasteiger partial charge in [-0.1, -0.05) is 0 Å². The highest BCUT2D eigenvalue weighted by molar-refractivity contribution is 5.99. The Morgan fingerprint density at radius 1 is 1.24 bits per heavy atom. The monoisotopic (exact) mass is 285 g/mol. The second-order valence-corrected chi connectivity index (χ2v) is 5.06. The van der Waals surface area contributed by atoms with E-state index in [1.807, 2.05) is 24.6 Å². The first kappa shape index (κ1) is 13.2. The molecule has 0 radical (unpaired) electrons. The molecule has 2 N–H and O–H groups in total. The van der Waals surface area contributed by atoms with Crippen molar-refractivity contribution in [3.63, 3.8) is 0 Å². The van der Waals surface area contributed by atoms with E-state index in [-0.39, 0.29) is 11.4 Å². The molecule has 6 heteroatoms. The van der Waals surface area contributed by atoms with Crippen molar-refractivity contribution in [3.8, 4) is 17.0 Å². The van der Waals surface area contributed by atoms with Gasteiger partial charge in [0.1, 0.15) is 11.4 Å². The van der Waals surface area contributed by atoms with Crippen molar-refractivity contribution >= 4 is 16.9 Å². The lowest BCUT2D eigenvalue weighted by atomic mass is 10.1. The summed E-state index contributed by atoms with van der Waals surface area (Å²) in [5.74, 6) is -0.847. The van der Waals surface area contributed by atoms with Gasteiger partial charge < -0.3 is 14.8 Å². The first-order valence-electron chi connectivity index (χ1n) is 6.46. The molecule has 0 aliphatic carbocycles. The lowest BCUT2D eigenvalue weighted by molar-refractivity contribution is 0.0685. The Bertz CT molecular complexity index is 874. The fraction of sp³-hybridized carbons (Fsp3) is 0.200. The SMILES string of the molecule is Cc1c(-c2cc(C(=O)O)n(C)n2)c2cc(O)ccc2n1C. The minimum Gasteiger partial charge on any atom is -0.508 e. The van der Waals surface area contributed by atoms with Gasteiger partial charge in [-0.2, -0.15) is 5.10 Å². The van der Waals surface area contributed by atoms with Crippen molar-refractivity contribution in [2.75, 3.05) is 0 Å². The number of benzene rings is 1. The molecule has 0 unspecified atom stereocenters. The number of aromatic carboxylic acids is 1. The van der Waals surface area contributed by atoms with Crippen LogP contribution in [0.5, 0.6) is 5.75 Å². The van der Waals surface area contributed by atoms with Crippen LogP contribution in [-0.2, 0) is 14.1 Å². The van der Waals surface area contributed by atoms with E-state index in [1.165, 1.54) is 4.68 Å². The summed E-state index contributed by atoms with van der Waals surface area (Å²) in [6.07, 6.45) is 0. The van der Waals surface area contributed by atoms with Crippen LogP contribution in [0.3, 0.4) is 0 Å². The maximum Gasteiger partial charge on any atom is 0.354 e. The summed E-state index contributed by atoms with van der Waals surface area (Å²) in [6.45, 7) is 1.95. The molecule has 1 aromatic carbocycles. The number of phenolic OH excluding ortho intramolecular Hbond substituents is 1. The molecule has 21 heavy (non-hydrogen) atoms. The van der Waals surface area contributed by atoms with Gasteiger partial charge >= 0.3 is 5.97 Å². The van der Waals surface area contributed by atoms with Gasteiger partial charge in [-0.3, -0.25) is 4.68 Å². The van der Waals surface area contributed by atoms with Crippen molar-refractivity contribution in [2.45, 2.75) is 6.92 Å². The van der Waals surface area contributed by atoms with Crippen LogP contribution < -0.4 is 0 Å². The summed E-state index contributed by atoms with van der Waals surface area (Å²) in [6, 6.07) is 6.69. The molecule has 2 aromatic heterocycles. The third kappa shape index (κ3) is 1.87. The van der Waals surface area contributed by atoms with Gasteiger partial charge in [0.25, 0.3) is 0 Å². The molecule has 0 atom stereocenters. The highest BCUT2D eigenvalue weighted by atomic mass is 16.4. The number of hydrogen-bond acceptors (Lipinski definition) is 3. The molecule has 3 aromatic rings. The highest BCUT2D eigenvalue weighted by Gasteiger charge is 2.19. The van der Waals surface area contributed by atoms with Crippen LogP contribution in [0.2, 0.25) is 0 Å². The van der Waals surface area contributed by atoms with Gasteiger partial charge in [-0.25, -0.2) is 4.79 Å². The number of aryl methyl sites for hydroxylation is 2. The number of aromatic hydroxyl groups is 1. The molecule has 0 spiro atoms. The Kier molecular flexibility index (Phi) is 2.76. The summed E-state index contributed by atoms with van der Waals surface area (Å²) >= 11 is 0. The minimum atomic E-state index is -1.02. The first-order chi connectivity index (χ1) is 9.90. The molecule has 0 aliphatic rings. The van der Waals surface area contributed by atoms with Gasteiger partial charge in [0.05, 0.1) is 5.69 Å². The van der Waals surface area contributed by atoms with E-state index in [0.29, 0.717) is 5.69 Å². The number of carboxylic acid groups (broad SMARTS) is 1. The smallest absolute Gasteiger partial charge is 0.354 e. The van der Waals surface area contributed by atoms with Gasteiger partial charge in [-0.05, 0) is 31.2 Å². The van der Waals surface area contributed by atoms with Crippen LogP contribution in [0.1, 0.15) is 16.2 Å². The molecule has 0 amide bonds. The summed E-state index contributed by atoms with van der Waals surface area (Å²) in [4.78, 5) is 11.2. The number of carbonyl (C=O) groups is 1. The number of rotatable bonds is 2. The standard InChI is InChI=1S/C15H15N3O3/c1-8-14(11-7-13(15(20)21)18(3)16-11)10-6-9(19)4-5-12(10)17(8)2/h4-7,19H,1-3H3,(H,20,21). The lowest BCUT2D eigenvalue weighted by Gasteiger charge is -1.98. The van der Waals surface area contributed by atoms with E-state index in [9.17, 15) is 9.90 Å². The van der Waals surface area contributed by atoms with Gasteiger partial charge in [-0.15, -0.1) is 0 Å². The van der Waals surface area contributed by atoms with Crippen LogP contribution in [0, 0.1) is 6.92 Å². The molecule has 3 rings (SSSR count). The van der Waals surface area contributed by atoms with Crippen molar-refractivity contribution in [1.29, 1.82) is 0 Å². The molecular formula is C15H15N3O3. The van der Waals surface area contributed by atoms with Crippen LogP contribution in [0.25, 0.3) is 22.2 Å². The second kappa shape index (κ2) is 4.37. The summed E-state index contributed by atoms with van der Waals surface area (Å²) in [5, 5.41) is 24.0. The average molecular weight is 285 g/mol. The maximum atomic E-state index is 11.2. The highest BCUT2D eigenvalue weighted by Crippen LogP contribution is 2.35. The number of aromatic nitrogens is 3. The van der Waals surface area contributed by atoms with Crippen molar-refractivity contribution in [3.05, 3.63) is 35.7 Å². The van der Waals surface area contributed by atoms with E-state index in [2.05, 4.69) is 5.10 Å². The van der Waals surface area contributed by atoms with E-state index in [1.54, 1.807) is 25.2 Å². The fourth-order valence-electron chi connectivity index (χ4n) is 2.67. The minimum absolute atomic E-state index is 0.126. The van der Waals surface area contributed by atoms with Crippen LogP contribution in [-0.4, -0.2) is 30.5 Å². The van der Waals surface area contributed by atoms with Crippen LogP contribution in [0.15, 0.2) is 24.3 Å². The second-order valence-electron chi connectivity index (χ2n) is 5.06. The summed E-state index contributed by atoms with van der Waals surface area (Å²) in [7, 11) is 3.53. The molecule has 6 nitrogen and oxygen atoms in total. The van der Waals surface area contributed by atoms with Gasteiger partial charge in [0, 0.05) is 36.3 Å². The molecule has 0 saturated carbocycles. The molecule has 0 fully saturated rings. The zero-order valence-corrected chi connectivity index (χ0v) is 12.0. The molecule has 0 saturated heterocycles.